The topological polar surface area (TPSA) is 40.0 Å². The molecule has 4 nitrogen and oxygen atoms in total. The van der Waals surface area contributed by atoms with Crippen molar-refractivity contribution in [1.29, 1.82) is 0 Å². The number of carbonyl (C=O) groups is 1. The molecule has 0 bridgehead atoms. The lowest BCUT2D eigenvalue weighted by molar-refractivity contribution is -1.17. The first-order valence-electron chi connectivity index (χ1n) is 3.84. The third kappa shape index (κ3) is 2.35. The molecule has 1 aromatic carbocycles. The van der Waals surface area contributed by atoms with Gasteiger partial charge in [0.25, 0.3) is 0 Å². The van der Waals surface area contributed by atoms with Gasteiger partial charge in [-0.05, 0) is 12.1 Å². The van der Waals surface area contributed by atoms with Gasteiger partial charge in [-0.1, -0.05) is 18.2 Å². The highest BCUT2D eigenvalue weighted by Crippen LogP contribution is 1.95. The Morgan fingerprint density at radius 2 is 1.69 bits per heavy atom. The van der Waals surface area contributed by atoms with E-state index in [-0.39, 0.29) is 11.1 Å². The first-order valence-corrected chi connectivity index (χ1v) is 3.84. The van der Waals surface area contributed by atoms with E-state index in [0.29, 0.717) is 5.56 Å². The summed E-state index contributed by atoms with van der Waals surface area (Å²) in [7, 11) is 2.80. The van der Waals surface area contributed by atoms with Crippen molar-refractivity contribution >= 4 is 5.91 Å². The average molecular weight is 182 g/mol. The molecule has 1 rings (SSSR count). The van der Waals surface area contributed by atoms with Crippen molar-refractivity contribution < 1.29 is 19.7 Å². The predicted molar refractivity (Wildman–Crippen MR) is 45.8 cm³/mol. The average Bonchev–Trinajstić information content (AvgIpc) is 2.21. The molecule has 1 N–H and O–H groups in total. The van der Waals surface area contributed by atoms with Crippen LogP contribution in [-0.2, 0) is 9.68 Å². The SMILES string of the molecule is CO[NH+](OC)C(=O)c1ccccc1. The van der Waals surface area contributed by atoms with Gasteiger partial charge in [-0.15, -0.1) is 0 Å². The molecule has 0 fully saturated rings. The number of quaternary nitrogens is 1. The molecule has 0 aliphatic carbocycles. The Kier molecular flexibility index (Phi) is 3.57. The number of hydrogen-bond donors (Lipinski definition) is 1. The number of amides is 1. The molecule has 1 amide bonds. The van der Waals surface area contributed by atoms with Crippen molar-refractivity contribution in [3.05, 3.63) is 35.9 Å². The fourth-order valence-electron chi connectivity index (χ4n) is 0.976. The zero-order valence-electron chi connectivity index (χ0n) is 7.61. The van der Waals surface area contributed by atoms with Gasteiger partial charge in [-0.3, -0.25) is 0 Å². The Bertz CT molecular complexity index is 269. The Balaban J connectivity index is 2.78. The molecule has 0 aliphatic rings. The van der Waals surface area contributed by atoms with Gasteiger partial charge in [0.2, 0.25) is 0 Å². The Labute approximate surface area is 76.6 Å². The van der Waals surface area contributed by atoms with Crippen molar-refractivity contribution in [3.63, 3.8) is 0 Å². The van der Waals surface area contributed by atoms with E-state index in [2.05, 4.69) is 0 Å². The fraction of sp³-hybridized carbons (Fsp3) is 0.222. The van der Waals surface area contributed by atoms with Crippen LogP contribution < -0.4 is 5.23 Å². The first-order chi connectivity index (χ1) is 6.29. The largest absolute Gasteiger partial charge is 0.409 e. The van der Waals surface area contributed by atoms with Crippen molar-refractivity contribution in [1.82, 2.24) is 0 Å². The lowest BCUT2D eigenvalue weighted by Gasteiger charge is -2.07. The Morgan fingerprint density at radius 3 is 2.15 bits per heavy atom. The van der Waals surface area contributed by atoms with Crippen molar-refractivity contribution in [2.24, 2.45) is 0 Å². The number of benzene rings is 1. The normalized spacial score (nSPS) is 10.4. The minimum absolute atomic E-state index is 0.00574. The second-order valence-electron chi connectivity index (χ2n) is 2.39. The second-order valence-corrected chi connectivity index (χ2v) is 2.39. The number of carbonyl (C=O) groups excluding carboxylic acids is 1. The van der Waals surface area contributed by atoms with Crippen LogP contribution in [0.4, 0.5) is 0 Å². The zero-order valence-corrected chi connectivity index (χ0v) is 7.61. The lowest BCUT2D eigenvalue weighted by atomic mass is 10.2. The summed E-state index contributed by atoms with van der Waals surface area (Å²) in [6, 6.07) is 8.84. The van der Waals surface area contributed by atoms with Crippen LogP contribution in [0.3, 0.4) is 0 Å². The van der Waals surface area contributed by atoms with Crippen LogP contribution in [0.1, 0.15) is 10.4 Å². The van der Waals surface area contributed by atoms with Crippen LogP contribution in [0.15, 0.2) is 30.3 Å². The van der Waals surface area contributed by atoms with Crippen LogP contribution in [0.2, 0.25) is 0 Å². The summed E-state index contributed by atoms with van der Waals surface area (Å²) >= 11 is 0. The molecular formula is C9H12NO3+. The van der Waals surface area contributed by atoms with E-state index in [1.54, 1.807) is 24.3 Å². The quantitative estimate of drug-likeness (QED) is 0.660. The number of nitrogens with one attached hydrogen (secondary N) is 1. The minimum atomic E-state index is -0.245. The molecule has 0 unspecified atom stereocenters. The van der Waals surface area contributed by atoms with E-state index < -0.39 is 0 Å². The van der Waals surface area contributed by atoms with Crippen LogP contribution in [0, 0.1) is 0 Å². The van der Waals surface area contributed by atoms with Crippen LogP contribution in [0.5, 0.6) is 0 Å². The summed E-state index contributed by atoms with van der Waals surface area (Å²) in [5.41, 5.74) is 0.557. The highest BCUT2D eigenvalue weighted by Gasteiger charge is 2.21. The van der Waals surface area contributed by atoms with Gasteiger partial charge in [0.1, 0.15) is 14.2 Å². The molecule has 0 atom stereocenters. The second kappa shape index (κ2) is 4.71. The van der Waals surface area contributed by atoms with E-state index in [1.807, 2.05) is 6.07 Å². The molecule has 0 aromatic heterocycles. The van der Waals surface area contributed by atoms with Crippen molar-refractivity contribution in [3.8, 4) is 0 Å². The lowest BCUT2D eigenvalue weighted by Crippen LogP contribution is -3.12. The van der Waals surface area contributed by atoms with Gasteiger partial charge < -0.3 is 0 Å². The highest BCUT2D eigenvalue weighted by atomic mass is 16.9. The van der Waals surface area contributed by atoms with E-state index >= 15 is 0 Å². The first kappa shape index (κ1) is 9.85. The number of hydrogen-bond acceptors (Lipinski definition) is 3. The molecule has 70 valence electrons. The molecule has 0 heterocycles. The van der Waals surface area contributed by atoms with Gasteiger partial charge in [0.15, 0.2) is 0 Å². The minimum Gasteiger partial charge on any atom is -0.219 e. The number of rotatable bonds is 3. The zero-order chi connectivity index (χ0) is 9.68. The molecule has 13 heavy (non-hydrogen) atoms. The summed E-state index contributed by atoms with van der Waals surface area (Å²) in [6.07, 6.45) is 0. The Morgan fingerprint density at radius 1 is 1.15 bits per heavy atom. The molecule has 0 radical (unpaired) electrons. The standard InChI is InChI=1S/C9H11NO3/c1-12-10(13-2)9(11)8-6-4-3-5-7-8/h3-7H,1-2H3/p+1. The molecule has 0 spiro atoms. The highest BCUT2D eigenvalue weighted by molar-refractivity contribution is 5.86. The van der Waals surface area contributed by atoms with Gasteiger partial charge in [0.05, 0.1) is 5.56 Å². The maximum Gasteiger partial charge on any atom is 0.409 e. The third-order valence-electron chi connectivity index (χ3n) is 1.59. The summed E-state index contributed by atoms with van der Waals surface area (Å²) in [6.45, 7) is 0. The Hall–Kier alpha value is -1.23. The molecule has 0 aliphatic heterocycles. The molecular weight excluding hydrogens is 170 g/mol. The van der Waals surface area contributed by atoms with E-state index in [4.69, 9.17) is 9.68 Å². The molecule has 4 heteroatoms. The summed E-state index contributed by atoms with van der Waals surface area (Å²) < 4.78 is 0. The maximum atomic E-state index is 11.5. The maximum absolute atomic E-state index is 11.5. The van der Waals surface area contributed by atoms with Crippen LogP contribution in [-0.4, -0.2) is 20.1 Å². The molecule has 0 saturated heterocycles. The van der Waals surface area contributed by atoms with Gasteiger partial charge in [-0.2, -0.15) is 9.68 Å². The van der Waals surface area contributed by atoms with Crippen molar-refractivity contribution in [2.75, 3.05) is 14.2 Å². The van der Waals surface area contributed by atoms with Crippen LogP contribution >= 0.6 is 0 Å². The molecule has 0 saturated carbocycles. The fourth-order valence-corrected chi connectivity index (χ4v) is 0.976. The number of hydroxylamine groups is 2. The van der Waals surface area contributed by atoms with Gasteiger partial charge in [-0.25, -0.2) is 4.79 Å². The van der Waals surface area contributed by atoms with E-state index in [9.17, 15) is 4.79 Å². The predicted octanol–water partition coefficient (Wildman–Crippen LogP) is -0.165. The van der Waals surface area contributed by atoms with E-state index in [0.717, 1.165) is 0 Å². The van der Waals surface area contributed by atoms with Gasteiger partial charge in [0, 0.05) is 5.23 Å². The van der Waals surface area contributed by atoms with Gasteiger partial charge >= 0.3 is 5.91 Å². The van der Waals surface area contributed by atoms with E-state index in [1.165, 1.54) is 14.2 Å². The summed E-state index contributed by atoms with van der Waals surface area (Å²) in [5, 5.41) is 0.00574. The monoisotopic (exact) mass is 182 g/mol. The molecule has 1 aromatic rings. The van der Waals surface area contributed by atoms with Crippen LogP contribution in [0.25, 0.3) is 0 Å². The van der Waals surface area contributed by atoms with Crippen molar-refractivity contribution in [2.45, 2.75) is 0 Å². The third-order valence-corrected chi connectivity index (χ3v) is 1.59. The summed E-state index contributed by atoms with van der Waals surface area (Å²) in [5.74, 6) is -0.245. The summed E-state index contributed by atoms with van der Waals surface area (Å²) in [4.78, 5) is 21.0. The smallest absolute Gasteiger partial charge is 0.219 e.